The highest BCUT2D eigenvalue weighted by molar-refractivity contribution is 5.76. The van der Waals surface area contributed by atoms with Gasteiger partial charge in [-0.25, -0.2) is 0 Å². The van der Waals surface area contributed by atoms with Crippen LogP contribution in [0, 0.1) is 0 Å². The highest BCUT2D eigenvalue weighted by Crippen LogP contribution is 2.17. The van der Waals surface area contributed by atoms with Crippen molar-refractivity contribution < 1.29 is 24.5 Å². The first-order valence-corrected chi connectivity index (χ1v) is 30.6. The van der Waals surface area contributed by atoms with Crippen molar-refractivity contribution in [3.63, 3.8) is 0 Å². The lowest BCUT2D eigenvalue weighted by atomic mass is 10.0. The number of nitrogens with one attached hydrogen (secondary N) is 1. The molecule has 0 aliphatic rings. The van der Waals surface area contributed by atoms with E-state index in [1.807, 2.05) is 0 Å². The van der Waals surface area contributed by atoms with E-state index in [0.717, 1.165) is 44.9 Å². The van der Waals surface area contributed by atoms with Crippen LogP contribution in [0.1, 0.15) is 335 Å². The molecule has 6 nitrogen and oxygen atoms in total. The highest BCUT2D eigenvalue weighted by Gasteiger charge is 2.20. The van der Waals surface area contributed by atoms with Gasteiger partial charge in [-0.2, -0.15) is 0 Å². The fourth-order valence-electron chi connectivity index (χ4n) is 9.51. The van der Waals surface area contributed by atoms with Crippen LogP contribution in [0.3, 0.4) is 0 Å². The van der Waals surface area contributed by atoms with E-state index in [1.165, 1.54) is 257 Å². The van der Waals surface area contributed by atoms with Crippen LogP contribution in [0.25, 0.3) is 0 Å². The van der Waals surface area contributed by atoms with Gasteiger partial charge in [0.25, 0.3) is 0 Å². The summed E-state index contributed by atoms with van der Waals surface area (Å²) in [4.78, 5) is 24.5. The molecule has 0 aromatic rings. The number of carbonyl (C=O) groups excluding carboxylic acids is 2. The summed E-state index contributed by atoms with van der Waals surface area (Å²) in [6.07, 6.45) is 70.5. The van der Waals surface area contributed by atoms with Crippen molar-refractivity contribution in [2.24, 2.45) is 0 Å². The summed E-state index contributed by atoms with van der Waals surface area (Å²) in [7, 11) is 0. The molecule has 0 saturated heterocycles. The number of amides is 1. The van der Waals surface area contributed by atoms with Crippen molar-refractivity contribution in [2.45, 2.75) is 347 Å². The van der Waals surface area contributed by atoms with Crippen LogP contribution in [0.5, 0.6) is 0 Å². The zero-order valence-electron chi connectivity index (χ0n) is 45.9. The molecule has 1 amide bonds. The molecule has 0 aliphatic heterocycles. The van der Waals surface area contributed by atoms with E-state index in [4.69, 9.17) is 4.74 Å². The van der Waals surface area contributed by atoms with Gasteiger partial charge in [0, 0.05) is 12.8 Å². The maximum Gasteiger partial charge on any atom is 0.305 e. The molecular formula is C62H119NO5. The number of esters is 1. The first-order valence-electron chi connectivity index (χ1n) is 30.6. The van der Waals surface area contributed by atoms with Crippen LogP contribution in [0.4, 0.5) is 0 Å². The molecular weight excluding hydrogens is 839 g/mol. The molecule has 0 radical (unpaired) electrons. The number of carbonyl (C=O) groups is 2. The van der Waals surface area contributed by atoms with Crippen LogP contribution >= 0.6 is 0 Å². The number of aliphatic hydroxyl groups excluding tert-OH is 2. The number of rotatable bonds is 57. The number of allylic oxidation sites excluding steroid dienone is 4. The highest BCUT2D eigenvalue weighted by atomic mass is 16.5. The average molecular weight is 959 g/mol. The van der Waals surface area contributed by atoms with Crippen molar-refractivity contribution in [1.82, 2.24) is 5.32 Å². The van der Waals surface area contributed by atoms with Gasteiger partial charge >= 0.3 is 5.97 Å². The summed E-state index contributed by atoms with van der Waals surface area (Å²) < 4.78 is 5.49. The van der Waals surface area contributed by atoms with E-state index >= 15 is 0 Å². The smallest absolute Gasteiger partial charge is 0.305 e. The number of unbranched alkanes of at least 4 members (excludes halogenated alkanes) is 42. The standard InChI is InChI=1S/C62H119NO5/c1-3-5-7-9-11-13-15-16-17-18-27-30-33-36-40-44-48-52-56-62(67)68-57-53-49-45-41-37-34-31-28-25-23-21-19-20-22-24-26-29-32-35-39-43-47-51-55-61(66)63-59(58-64)60(65)54-50-46-42-38-14-12-10-8-6-4-2/h17-18,22,24,59-60,64-65H,3-16,19-21,23,25-58H2,1-2H3,(H,63,66)/b18-17-,24-22-. The summed E-state index contributed by atoms with van der Waals surface area (Å²) in [6.45, 7) is 4.94. The third-order valence-electron chi connectivity index (χ3n) is 14.2. The van der Waals surface area contributed by atoms with E-state index in [-0.39, 0.29) is 18.5 Å². The maximum absolute atomic E-state index is 12.4. The second-order valence-corrected chi connectivity index (χ2v) is 21.0. The summed E-state index contributed by atoms with van der Waals surface area (Å²) in [5, 5.41) is 23.1. The van der Waals surface area contributed by atoms with Gasteiger partial charge in [-0.15, -0.1) is 0 Å². The fraction of sp³-hybridized carbons (Fsp3) is 0.903. The Hall–Kier alpha value is -1.66. The molecule has 0 spiro atoms. The predicted molar refractivity (Wildman–Crippen MR) is 296 cm³/mol. The number of hydrogen-bond acceptors (Lipinski definition) is 5. The Morgan fingerprint density at radius 3 is 1.04 bits per heavy atom. The van der Waals surface area contributed by atoms with Gasteiger partial charge in [-0.05, 0) is 77.0 Å². The molecule has 0 rings (SSSR count). The molecule has 3 N–H and O–H groups in total. The third-order valence-corrected chi connectivity index (χ3v) is 14.2. The van der Waals surface area contributed by atoms with Crippen LogP contribution in [0.2, 0.25) is 0 Å². The minimum Gasteiger partial charge on any atom is -0.466 e. The first kappa shape index (κ1) is 66.3. The summed E-state index contributed by atoms with van der Waals surface area (Å²) in [6, 6.07) is -0.544. The number of hydrogen-bond donors (Lipinski definition) is 3. The Labute approximate surface area is 424 Å². The Morgan fingerprint density at radius 2 is 0.691 bits per heavy atom. The van der Waals surface area contributed by atoms with Crippen LogP contribution in [-0.4, -0.2) is 47.4 Å². The minimum absolute atomic E-state index is 0.00877. The lowest BCUT2D eigenvalue weighted by Gasteiger charge is -2.22. The van der Waals surface area contributed by atoms with E-state index in [2.05, 4.69) is 43.5 Å². The van der Waals surface area contributed by atoms with E-state index in [9.17, 15) is 19.8 Å². The van der Waals surface area contributed by atoms with Gasteiger partial charge in [0.15, 0.2) is 0 Å². The summed E-state index contributed by atoms with van der Waals surface area (Å²) in [5.41, 5.74) is 0. The van der Waals surface area contributed by atoms with Crippen molar-refractivity contribution in [3.05, 3.63) is 24.3 Å². The Morgan fingerprint density at radius 1 is 0.397 bits per heavy atom. The maximum atomic E-state index is 12.4. The van der Waals surface area contributed by atoms with Gasteiger partial charge in [0.05, 0.1) is 25.4 Å². The molecule has 0 saturated carbocycles. The topological polar surface area (TPSA) is 95.9 Å². The summed E-state index contributed by atoms with van der Waals surface area (Å²) >= 11 is 0. The SMILES string of the molecule is CCCCCCCCC/C=C\CCCCCCCCCC(=O)OCCCCCCCCCCCCCC/C=C\CCCCCCCCCC(=O)NC(CO)C(O)CCCCCCCCCCCC. The molecule has 0 fully saturated rings. The minimum atomic E-state index is -0.666. The van der Waals surface area contributed by atoms with Crippen molar-refractivity contribution in [3.8, 4) is 0 Å². The van der Waals surface area contributed by atoms with Crippen molar-refractivity contribution in [1.29, 1.82) is 0 Å². The zero-order chi connectivity index (χ0) is 49.3. The molecule has 0 heterocycles. The number of ether oxygens (including phenoxy) is 1. The Balaban J connectivity index is 3.37. The second-order valence-electron chi connectivity index (χ2n) is 21.0. The molecule has 402 valence electrons. The molecule has 0 aliphatic carbocycles. The molecule has 0 aromatic heterocycles. The molecule has 2 atom stereocenters. The molecule has 6 heteroatoms. The lowest BCUT2D eigenvalue weighted by molar-refractivity contribution is -0.143. The van der Waals surface area contributed by atoms with E-state index in [0.29, 0.717) is 25.9 Å². The normalized spacial score (nSPS) is 12.7. The van der Waals surface area contributed by atoms with E-state index in [1.54, 1.807) is 0 Å². The van der Waals surface area contributed by atoms with Crippen LogP contribution in [0.15, 0.2) is 24.3 Å². The average Bonchev–Trinajstić information content (AvgIpc) is 3.34. The molecule has 68 heavy (non-hydrogen) atoms. The van der Waals surface area contributed by atoms with Gasteiger partial charge in [0.1, 0.15) is 0 Å². The van der Waals surface area contributed by atoms with Gasteiger partial charge in [0.2, 0.25) is 5.91 Å². The summed E-state index contributed by atoms with van der Waals surface area (Å²) in [5.74, 6) is -0.0335. The molecule has 2 unspecified atom stereocenters. The van der Waals surface area contributed by atoms with Gasteiger partial charge in [-0.1, -0.05) is 269 Å². The third kappa shape index (κ3) is 53.7. The van der Waals surface area contributed by atoms with Crippen LogP contribution < -0.4 is 5.32 Å². The fourth-order valence-corrected chi connectivity index (χ4v) is 9.51. The largest absolute Gasteiger partial charge is 0.466 e. The monoisotopic (exact) mass is 958 g/mol. The van der Waals surface area contributed by atoms with Gasteiger partial charge < -0.3 is 20.3 Å². The zero-order valence-corrected chi connectivity index (χ0v) is 45.9. The molecule has 0 bridgehead atoms. The van der Waals surface area contributed by atoms with Gasteiger partial charge in [-0.3, -0.25) is 9.59 Å². The van der Waals surface area contributed by atoms with Crippen molar-refractivity contribution >= 4 is 11.9 Å². The molecule has 0 aromatic carbocycles. The number of aliphatic hydroxyl groups is 2. The van der Waals surface area contributed by atoms with Crippen LogP contribution in [-0.2, 0) is 14.3 Å². The Kier molecular flexibility index (Phi) is 56.5. The Bertz CT molecular complexity index is 1060. The first-order chi connectivity index (χ1) is 33.5. The second kappa shape index (κ2) is 57.9. The lowest BCUT2D eigenvalue weighted by Crippen LogP contribution is -2.45. The quantitative estimate of drug-likeness (QED) is 0.0321. The van der Waals surface area contributed by atoms with Crippen molar-refractivity contribution in [2.75, 3.05) is 13.2 Å². The van der Waals surface area contributed by atoms with E-state index < -0.39 is 12.1 Å². The predicted octanol–water partition coefficient (Wildman–Crippen LogP) is 19.0.